The van der Waals surface area contributed by atoms with Crippen molar-refractivity contribution in [2.45, 2.75) is 56.1 Å². The van der Waals surface area contributed by atoms with E-state index in [1.54, 1.807) is 23.1 Å². The number of ether oxygens (including phenoxy) is 1. The van der Waals surface area contributed by atoms with Crippen molar-refractivity contribution in [2.75, 3.05) is 44.2 Å². The standard InChI is InChI=1S/C27H34F3N3O4S/c1-2-37-24-11-13-25(14-12-24)38(35,36)33(22-8-4-3-5-9-22)20-26(34)32-17-15-31(16-18-32)23-10-6-7-21(19-23)27(28,29)30/h6-7,10-14,19,22H,2-5,8-9,15-18,20H2,1H3. The average molecular weight is 554 g/mol. The minimum Gasteiger partial charge on any atom is -0.494 e. The number of nitrogens with zero attached hydrogens (tertiary/aromatic N) is 3. The summed E-state index contributed by atoms with van der Waals surface area (Å²) in [5.74, 6) is 0.277. The summed E-state index contributed by atoms with van der Waals surface area (Å²) in [5.41, 5.74) is -0.259. The Morgan fingerprint density at radius 3 is 2.26 bits per heavy atom. The molecular weight excluding hydrogens is 519 g/mol. The molecule has 2 aromatic rings. The summed E-state index contributed by atoms with van der Waals surface area (Å²) in [4.78, 5) is 16.9. The van der Waals surface area contributed by atoms with E-state index in [1.165, 1.54) is 22.5 Å². The van der Waals surface area contributed by atoms with Gasteiger partial charge in [-0.2, -0.15) is 17.5 Å². The maximum atomic E-state index is 13.7. The average Bonchev–Trinajstić information content (AvgIpc) is 2.92. The minimum atomic E-state index is -4.43. The maximum absolute atomic E-state index is 13.7. The Morgan fingerprint density at radius 2 is 1.66 bits per heavy atom. The summed E-state index contributed by atoms with van der Waals surface area (Å²) in [6.45, 7) is 3.39. The number of anilines is 1. The van der Waals surface area contributed by atoms with Crippen molar-refractivity contribution in [1.29, 1.82) is 0 Å². The topological polar surface area (TPSA) is 70.2 Å². The molecule has 208 valence electrons. The van der Waals surface area contributed by atoms with E-state index in [9.17, 15) is 26.4 Å². The SMILES string of the molecule is CCOc1ccc(S(=O)(=O)N(CC(=O)N2CCN(c3cccc(C(F)(F)F)c3)CC2)C2CCCCC2)cc1. The number of halogens is 3. The summed E-state index contributed by atoms with van der Waals surface area (Å²) in [7, 11) is -3.93. The van der Waals surface area contributed by atoms with Crippen LogP contribution in [0.1, 0.15) is 44.6 Å². The molecule has 38 heavy (non-hydrogen) atoms. The lowest BCUT2D eigenvalue weighted by atomic mass is 9.95. The molecule has 1 aliphatic heterocycles. The second-order valence-electron chi connectivity index (χ2n) is 9.66. The Bertz CT molecular complexity index is 1190. The Hall–Kier alpha value is -2.79. The molecule has 0 spiro atoms. The molecule has 11 heteroatoms. The largest absolute Gasteiger partial charge is 0.494 e. The van der Waals surface area contributed by atoms with E-state index in [4.69, 9.17) is 4.74 Å². The summed E-state index contributed by atoms with van der Waals surface area (Å²) in [5, 5.41) is 0. The van der Waals surface area contributed by atoms with Gasteiger partial charge in [0, 0.05) is 37.9 Å². The first-order chi connectivity index (χ1) is 18.1. The van der Waals surface area contributed by atoms with Gasteiger partial charge in [-0.15, -0.1) is 0 Å². The van der Waals surface area contributed by atoms with E-state index < -0.39 is 21.8 Å². The van der Waals surface area contributed by atoms with Crippen molar-refractivity contribution in [1.82, 2.24) is 9.21 Å². The number of piperazine rings is 1. The fraction of sp³-hybridized carbons (Fsp3) is 0.519. The predicted molar refractivity (Wildman–Crippen MR) is 139 cm³/mol. The van der Waals surface area contributed by atoms with E-state index in [1.807, 2.05) is 11.8 Å². The van der Waals surface area contributed by atoms with Crippen molar-refractivity contribution in [3.63, 3.8) is 0 Å². The Labute approximate surface area is 222 Å². The van der Waals surface area contributed by atoms with Gasteiger partial charge >= 0.3 is 6.18 Å². The molecule has 1 saturated carbocycles. The van der Waals surface area contributed by atoms with E-state index in [-0.39, 0.29) is 23.4 Å². The van der Waals surface area contributed by atoms with Crippen LogP contribution in [-0.2, 0) is 21.0 Å². The third-order valence-electron chi connectivity index (χ3n) is 7.19. The molecule has 2 aliphatic rings. The summed E-state index contributed by atoms with van der Waals surface area (Å²) in [6, 6.07) is 11.2. The molecule has 2 aromatic carbocycles. The van der Waals surface area contributed by atoms with Gasteiger partial charge in [-0.1, -0.05) is 25.3 Å². The van der Waals surface area contributed by atoms with E-state index in [0.29, 0.717) is 57.1 Å². The van der Waals surface area contributed by atoms with Gasteiger partial charge in [-0.05, 0) is 62.2 Å². The molecular formula is C27H34F3N3O4S. The third-order valence-corrected chi connectivity index (χ3v) is 9.10. The maximum Gasteiger partial charge on any atom is 0.416 e. The van der Waals surface area contributed by atoms with Gasteiger partial charge in [-0.3, -0.25) is 4.79 Å². The zero-order valence-corrected chi connectivity index (χ0v) is 22.3. The highest BCUT2D eigenvalue weighted by molar-refractivity contribution is 7.89. The minimum absolute atomic E-state index is 0.119. The molecule has 0 unspecified atom stereocenters. The van der Waals surface area contributed by atoms with Gasteiger partial charge < -0.3 is 14.5 Å². The van der Waals surface area contributed by atoms with Gasteiger partial charge in [0.1, 0.15) is 5.75 Å². The van der Waals surface area contributed by atoms with Gasteiger partial charge in [0.05, 0.1) is 23.6 Å². The molecule has 1 amide bonds. The van der Waals surface area contributed by atoms with Crippen molar-refractivity contribution in [3.05, 3.63) is 54.1 Å². The number of hydrogen-bond donors (Lipinski definition) is 0. The molecule has 1 aliphatic carbocycles. The highest BCUT2D eigenvalue weighted by Gasteiger charge is 2.36. The molecule has 1 heterocycles. The predicted octanol–water partition coefficient (Wildman–Crippen LogP) is 4.78. The highest BCUT2D eigenvalue weighted by atomic mass is 32.2. The Kier molecular flexibility index (Phi) is 8.87. The van der Waals surface area contributed by atoms with Gasteiger partial charge in [0.25, 0.3) is 0 Å². The van der Waals surface area contributed by atoms with Crippen LogP contribution in [-0.4, -0.2) is 68.9 Å². The molecule has 1 saturated heterocycles. The number of benzene rings is 2. The number of carbonyl (C=O) groups is 1. The zero-order valence-electron chi connectivity index (χ0n) is 21.5. The number of amides is 1. The normalized spacial score (nSPS) is 17.6. The fourth-order valence-electron chi connectivity index (χ4n) is 5.12. The van der Waals surface area contributed by atoms with E-state index in [2.05, 4.69) is 0 Å². The van der Waals surface area contributed by atoms with Gasteiger partial charge in [0.15, 0.2) is 0 Å². The van der Waals surface area contributed by atoms with Gasteiger partial charge in [-0.25, -0.2) is 8.42 Å². The van der Waals surface area contributed by atoms with Crippen molar-refractivity contribution in [3.8, 4) is 5.75 Å². The van der Waals surface area contributed by atoms with Crippen molar-refractivity contribution in [2.24, 2.45) is 0 Å². The van der Waals surface area contributed by atoms with Crippen LogP contribution in [0.2, 0.25) is 0 Å². The van der Waals surface area contributed by atoms with Crippen LogP contribution in [0.25, 0.3) is 0 Å². The molecule has 4 rings (SSSR count). The lowest BCUT2D eigenvalue weighted by Crippen LogP contribution is -2.53. The first-order valence-electron chi connectivity index (χ1n) is 13.0. The molecule has 7 nitrogen and oxygen atoms in total. The van der Waals surface area contributed by atoms with Crippen LogP contribution in [0.3, 0.4) is 0 Å². The smallest absolute Gasteiger partial charge is 0.416 e. The molecule has 0 bridgehead atoms. The highest BCUT2D eigenvalue weighted by Crippen LogP contribution is 2.32. The number of sulfonamides is 1. The van der Waals surface area contributed by atoms with Crippen molar-refractivity contribution < 1.29 is 31.1 Å². The van der Waals surface area contributed by atoms with Crippen LogP contribution >= 0.6 is 0 Å². The molecule has 0 aromatic heterocycles. The van der Waals surface area contributed by atoms with Crippen LogP contribution < -0.4 is 9.64 Å². The van der Waals surface area contributed by atoms with Crippen molar-refractivity contribution >= 4 is 21.6 Å². The third kappa shape index (κ3) is 6.61. The van der Waals surface area contributed by atoms with E-state index in [0.717, 1.165) is 31.4 Å². The molecule has 0 N–H and O–H groups in total. The Balaban J connectivity index is 1.46. The lowest BCUT2D eigenvalue weighted by molar-refractivity contribution is -0.137. The second kappa shape index (κ2) is 11.9. The summed E-state index contributed by atoms with van der Waals surface area (Å²) >= 11 is 0. The first-order valence-corrected chi connectivity index (χ1v) is 14.5. The summed E-state index contributed by atoms with van der Waals surface area (Å²) in [6.07, 6.45) is -0.169. The number of carbonyl (C=O) groups excluding carboxylic acids is 1. The van der Waals surface area contributed by atoms with E-state index >= 15 is 0 Å². The fourth-order valence-corrected chi connectivity index (χ4v) is 6.75. The van der Waals surface area contributed by atoms with Crippen LogP contribution in [0.15, 0.2) is 53.4 Å². The van der Waals surface area contributed by atoms with Crippen LogP contribution in [0.4, 0.5) is 18.9 Å². The zero-order chi connectivity index (χ0) is 27.3. The molecule has 0 radical (unpaired) electrons. The molecule has 2 fully saturated rings. The second-order valence-corrected chi connectivity index (χ2v) is 11.6. The number of hydrogen-bond acceptors (Lipinski definition) is 5. The monoisotopic (exact) mass is 553 g/mol. The summed E-state index contributed by atoms with van der Waals surface area (Å²) < 4.78 is 73.5. The van der Waals surface area contributed by atoms with Crippen LogP contribution in [0.5, 0.6) is 5.75 Å². The van der Waals surface area contributed by atoms with Crippen LogP contribution in [0, 0.1) is 0 Å². The quantitative estimate of drug-likeness (QED) is 0.471. The lowest BCUT2D eigenvalue weighted by Gasteiger charge is -2.38. The Morgan fingerprint density at radius 1 is 1.00 bits per heavy atom. The number of alkyl halides is 3. The van der Waals surface area contributed by atoms with Gasteiger partial charge in [0.2, 0.25) is 15.9 Å². The number of rotatable bonds is 8. The molecule has 0 atom stereocenters. The first kappa shape index (κ1) is 28.2.